The monoisotopic (exact) mass is 197 g/mol. The number of ether oxygens (including phenoxy) is 1. The molecule has 4 nitrogen and oxygen atoms in total. The molecule has 0 aromatic carbocycles. The molecule has 0 aliphatic carbocycles. The summed E-state index contributed by atoms with van der Waals surface area (Å²) in [6.45, 7) is 6.80. The largest absolute Gasteiger partial charge is 0.490 e. The van der Waals surface area contributed by atoms with E-state index in [9.17, 15) is 0 Å². The number of nitrogens with one attached hydrogen (secondary N) is 1. The van der Waals surface area contributed by atoms with Gasteiger partial charge in [-0.15, -0.1) is 0 Å². The van der Waals surface area contributed by atoms with Gasteiger partial charge in [0.25, 0.3) is 0 Å². The Hall–Kier alpha value is -1.03. The van der Waals surface area contributed by atoms with Gasteiger partial charge in [-0.05, 0) is 14.0 Å². The summed E-state index contributed by atoms with van der Waals surface area (Å²) in [5.41, 5.74) is 0. The van der Waals surface area contributed by atoms with Crippen molar-refractivity contribution in [3.05, 3.63) is 12.4 Å². The van der Waals surface area contributed by atoms with Gasteiger partial charge in [-0.2, -0.15) is 5.10 Å². The second kappa shape index (κ2) is 5.65. The first-order valence-corrected chi connectivity index (χ1v) is 5.06. The molecule has 1 heterocycles. The number of nitrogens with zero attached hydrogens (tertiary/aromatic N) is 2. The topological polar surface area (TPSA) is 39.1 Å². The van der Waals surface area contributed by atoms with Gasteiger partial charge in [-0.1, -0.05) is 6.92 Å². The lowest BCUT2D eigenvalue weighted by molar-refractivity contribution is 0.258. The van der Waals surface area contributed by atoms with E-state index < -0.39 is 0 Å². The Morgan fingerprint density at radius 3 is 3.00 bits per heavy atom. The van der Waals surface area contributed by atoms with E-state index in [0.29, 0.717) is 5.92 Å². The van der Waals surface area contributed by atoms with E-state index in [1.165, 1.54) is 0 Å². The highest BCUT2D eigenvalue weighted by Crippen LogP contribution is 2.09. The van der Waals surface area contributed by atoms with Crippen LogP contribution in [0.5, 0.6) is 5.75 Å². The maximum absolute atomic E-state index is 5.58. The van der Waals surface area contributed by atoms with Crippen molar-refractivity contribution in [2.45, 2.75) is 20.4 Å². The van der Waals surface area contributed by atoms with Crippen LogP contribution in [0.1, 0.15) is 13.8 Å². The maximum Gasteiger partial charge on any atom is 0.157 e. The van der Waals surface area contributed by atoms with Gasteiger partial charge in [0.15, 0.2) is 5.75 Å². The molecule has 14 heavy (non-hydrogen) atoms. The van der Waals surface area contributed by atoms with Gasteiger partial charge in [0, 0.05) is 19.0 Å². The van der Waals surface area contributed by atoms with Crippen LogP contribution in [-0.2, 0) is 6.54 Å². The molecule has 80 valence electrons. The Morgan fingerprint density at radius 2 is 2.43 bits per heavy atom. The average molecular weight is 197 g/mol. The summed E-state index contributed by atoms with van der Waals surface area (Å²) in [5.74, 6) is 1.37. The van der Waals surface area contributed by atoms with Crippen LogP contribution in [0.3, 0.4) is 0 Å². The lowest BCUT2D eigenvalue weighted by Gasteiger charge is -2.10. The molecular weight excluding hydrogens is 178 g/mol. The number of aryl methyl sites for hydroxylation is 1. The third-order valence-corrected chi connectivity index (χ3v) is 2.02. The summed E-state index contributed by atoms with van der Waals surface area (Å²) < 4.78 is 7.44. The molecule has 0 aliphatic heterocycles. The second-order valence-electron chi connectivity index (χ2n) is 3.51. The number of hydrogen-bond acceptors (Lipinski definition) is 3. The van der Waals surface area contributed by atoms with E-state index in [0.717, 1.165) is 25.4 Å². The molecule has 0 saturated carbocycles. The van der Waals surface area contributed by atoms with Crippen LogP contribution < -0.4 is 10.1 Å². The highest BCUT2D eigenvalue weighted by Gasteiger charge is 2.03. The van der Waals surface area contributed by atoms with E-state index in [-0.39, 0.29) is 0 Å². The number of hydrogen-bond donors (Lipinski definition) is 1. The molecule has 1 atom stereocenters. The van der Waals surface area contributed by atoms with Gasteiger partial charge in [-0.3, -0.25) is 4.68 Å². The third kappa shape index (κ3) is 3.38. The lowest BCUT2D eigenvalue weighted by atomic mass is 10.2. The lowest BCUT2D eigenvalue weighted by Crippen LogP contribution is -2.21. The van der Waals surface area contributed by atoms with Crippen molar-refractivity contribution in [3.63, 3.8) is 0 Å². The summed E-state index contributed by atoms with van der Waals surface area (Å²) >= 11 is 0. The normalized spacial score (nSPS) is 12.8. The number of aromatic nitrogens is 2. The quantitative estimate of drug-likeness (QED) is 0.743. The van der Waals surface area contributed by atoms with Gasteiger partial charge in [0.05, 0.1) is 19.0 Å². The van der Waals surface area contributed by atoms with Crippen molar-refractivity contribution in [2.24, 2.45) is 5.92 Å². The van der Waals surface area contributed by atoms with Gasteiger partial charge in [0.1, 0.15) is 0 Å². The minimum Gasteiger partial charge on any atom is -0.490 e. The first-order valence-electron chi connectivity index (χ1n) is 5.06. The van der Waals surface area contributed by atoms with Gasteiger partial charge in [0.2, 0.25) is 0 Å². The highest BCUT2D eigenvalue weighted by molar-refractivity contribution is 5.11. The first-order chi connectivity index (χ1) is 6.76. The van der Waals surface area contributed by atoms with Gasteiger partial charge < -0.3 is 10.1 Å². The molecule has 1 unspecified atom stereocenters. The van der Waals surface area contributed by atoms with Crippen molar-refractivity contribution in [1.82, 2.24) is 15.1 Å². The highest BCUT2D eigenvalue weighted by atomic mass is 16.5. The molecule has 1 aromatic rings. The number of rotatable bonds is 6. The smallest absolute Gasteiger partial charge is 0.157 e. The van der Waals surface area contributed by atoms with E-state index >= 15 is 0 Å². The van der Waals surface area contributed by atoms with Crippen molar-refractivity contribution in [1.29, 1.82) is 0 Å². The van der Waals surface area contributed by atoms with E-state index in [2.05, 4.69) is 24.3 Å². The van der Waals surface area contributed by atoms with E-state index in [1.54, 1.807) is 6.20 Å². The molecule has 0 bridgehead atoms. The minimum atomic E-state index is 0.518. The molecule has 0 saturated heterocycles. The fourth-order valence-corrected chi connectivity index (χ4v) is 1.24. The fourth-order valence-electron chi connectivity index (χ4n) is 1.24. The van der Waals surface area contributed by atoms with Crippen molar-refractivity contribution in [3.8, 4) is 5.75 Å². The molecular formula is C10H19N3O. The Balaban J connectivity index is 2.30. The van der Waals surface area contributed by atoms with Crippen molar-refractivity contribution in [2.75, 3.05) is 20.2 Å². The van der Waals surface area contributed by atoms with Crippen LogP contribution in [0.15, 0.2) is 12.4 Å². The van der Waals surface area contributed by atoms with Crippen LogP contribution in [-0.4, -0.2) is 30.0 Å². The summed E-state index contributed by atoms with van der Waals surface area (Å²) in [4.78, 5) is 0. The molecule has 0 spiro atoms. The fraction of sp³-hybridized carbons (Fsp3) is 0.700. The maximum atomic E-state index is 5.58. The second-order valence-corrected chi connectivity index (χ2v) is 3.51. The Kier molecular flexibility index (Phi) is 4.46. The molecule has 0 amide bonds. The first kappa shape index (κ1) is 11.0. The van der Waals surface area contributed by atoms with Gasteiger partial charge >= 0.3 is 0 Å². The summed E-state index contributed by atoms with van der Waals surface area (Å²) in [6.07, 6.45) is 3.68. The summed E-state index contributed by atoms with van der Waals surface area (Å²) in [7, 11) is 1.95. The van der Waals surface area contributed by atoms with E-state index in [4.69, 9.17) is 4.74 Å². The summed E-state index contributed by atoms with van der Waals surface area (Å²) in [6, 6.07) is 0. The molecule has 1 rings (SSSR count). The van der Waals surface area contributed by atoms with Crippen LogP contribution >= 0.6 is 0 Å². The predicted molar refractivity (Wildman–Crippen MR) is 56.5 cm³/mol. The zero-order chi connectivity index (χ0) is 10.4. The molecule has 0 radical (unpaired) electrons. The third-order valence-electron chi connectivity index (χ3n) is 2.02. The Bertz CT molecular complexity index is 260. The predicted octanol–water partition coefficient (Wildman–Crippen LogP) is 1.14. The average Bonchev–Trinajstić information content (AvgIpc) is 2.63. The molecule has 0 fully saturated rings. The van der Waals surface area contributed by atoms with E-state index in [1.807, 2.05) is 17.9 Å². The molecule has 1 aromatic heterocycles. The SMILES string of the molecule is CCn1cc(OCC(C)CNC)cn1. The Morgan fingerprint density at radius 1 is 1.64 bits per heavy atom. The molecule has 1 N–H and O–H groups in total. The standard InChI is InChI=1S/C10H19N3O/c1-4-13-7-10(6-12-13)14-8-9(2)5-11-3/h6-7,9,11H,4-5,8H2,1-3H3. The zero-order valence-corrected chi connectivity index (χ0v) is 9.16. The minimum absolute atomic E-state index is 0.518. The van der Waals surface area contributed by atoms with Crippen molar-refractivity contribution >= 4 is 0 Å². The Labute approximate surface area is 85.3 Å². The van der Waals surface area contributed by atoms with Crippen LogP contribution in [0, 0.1) is 5.92 Å². The molecule has 0 aliphatic rings. The van der Waals surface area contributed by atoms with Crippen LogP contribution in [0.2, 0.25) is 0 Å². The molecule has 4 heteroatoms. The zero-order valence-electron chi connectivity index (χ0n) is 9.16. The van der Waals surface area contributed by atoms with Crippen molar-refractivity contribution < 1.29 is 4.74 Å². The van der Waals surface area contributed by atoms with Crippen LogP contribution in [0.25, 0.3) is 0 Å². The van der Waals surface area contributed by atoms with Crippen LogP contribution in [0.4, 0.5) is 0 Å². The van der Waals surface area contributed by atoms with Gasteiger partial charge in [-0.25, -0.2) is 0 Å². The summed E-state index contributed by atoms with van der Waals surface area (Å²) in [5, 5.41) is 7.25.